The minimum Gasteiger partial charge on any atom is -0.346 e. The summed E-state index contributed by atoms with van der Waals surface area (Å²) in [6.07, 6.45) is 0. The van der Waals surface area contributed by atoms with Crippen LogP contribution in [0, 0.1) is 5.92 Å². The van der Waals surface area contributed by atoms with Gasteiger partial charge in [0.05, 0.1) is 12.6 Å². The number of amides is 1. The van der Waals surface area contributed by atoms with E-state index in [2.05, 4.69) is 15.5 Å². The van der Waals surface area contributed by atoms with Crippen LogP contribution in [-0.2, 0) is 11.3 Å². The number of nitrogens with two attached hydrogens (primary N) is 1. The molecule has 0 aromatic carbocycles. The van der Waals surface area contributed by atoms with Crippen LogP contribution in [0.25, 0.3) is 11.4 Å². The number of hydrogen-bond donors (Lipinski definition) is 2. The first-order chi connectivity index (χ1) is 9.08. The van der Waals surface area contributed by atoms with Crippen LogP contribution in [-0.4, -0.2) is 22.1 Å². The van der Waals surface area contributed by atoms with Gasteiger partial charge in [-0.3, -0.25) is 4.79 Å². The molecular weight excluding hydrogens is 264 g/mol. The Morgan fingerprint density at radius 3 is 3.00 bits per heavy atom. The van der Waals surface area contributed by atoms with Gasteiger partial charge in [0.2, 0.25) is 17.6 Å². The van der Waals surface area contributed by atoms with E-state index in [4.69, 9.17) is 10.3 Å². The van der Waals surface area contributed by atoms with E-state index in [1.807, 2.05) is 30.7 Å². The van der Waals surface area contributed by atoms with Crippen LogP contribution < -0.4 is 11.1 Å². The summed E-state index contributed by atoms with van der Waals surface area (Å²) in [7, 11) is 0. The molecule has 2 heterocycles. The molecule has 0 aliphatic rings. The van der Waals surface area contributed by atoms with Gasteiger partial charge < -0.3 is 15.6 Å². The number of nitrogens with zero attached hydrogens (tertiary/aromatic N) is 2. The molecule has 7 heteroatoms. The predicted octanol–water partition coefficient (Wildman–Crippen LogP) is 1.40. The summed E-state index contributed by atoms with van der Waals surface area (Å²) in [5.74, 6) is 0.762. The van der Waals surface area contributed by atoms with Gasteiger partial charge in [-0.15, -0.1) is 0 Å². The molecule has 2 rings (SSSR count). The molecular formula is C12H16N4O2S. The third-order valence-corrected chi connectivity index (χ3v) is 3.37. The molecule has 0 fully saturated rings. The highest BCUT2D eigenvalue weighted by Gasteiger charge is 2.17. The second kappa shape index (κ2) is 5.94. The fraction of sp³-hybridized carbons (Fsp3) is 0.417. The molecule has 19 heavy (non-hydrogen) atoms. The molecule has 2 aromatic heterocycles. The number of rotatable bonds is 5. The highest BCUT2D eigenvalue weighted by Crippen LogP contribution is 2.18. The van der Waals surface area contributed by atoms with Crippen LogP contribution in [0.4, 0.5) is 0 Å². The predicted molar refractivity (Wildman–Crippen MR) is 72.3 cm³/mol. The van der Waals surface area contributed by atoms with Gasteiger partial charge in [0.1, 0.15) is 0 Å². The van der Waals surface area contributed by atoms with Crippen molar-refractivity contribution in [2.75, 3.05) is 0 Å². The Bertz CT molecular complexity index is 536. The van der Waals surface area contributed by atoms with Gasteiger partial charge in [0, 0.05) is 10.9 Å². The van der Waals surface area contributed by atoms with Crippen molar-refractivity contribution in [1.82, 2.24) is 15.5 Å². The largest absolute Gasteiger partial charge is 0.346 e. The average molecular weight is 280 g/mol. The summed E-state index contributed by atoms with van der Waals surface area (Å²) in [6.45, 7) is 3.98. The number of thiophene rings is 1. The first kappa shape index (κ1) is 13.7. The van der Waals surface area contributed by atoms with Gasteiger partial charge in [0.15, 0.2) is 0 Å². The third-order valence-electron chi connectivity index (χ3n) is 2.68. The summed E-state index contributed by atoms with van der Waals surface area (Å²) in [4.78, 5) is 15.9. The molecule has 0 saturated carbocycles. The Balaban J connectivity index is 1.92. The lowest BCUT2D eigenvalue weighted by molar-refractivity contribution is -0.123. The molecule has 3 N–H and O–H groups in total. The summed E-state index contributed by atoms with van der Waals surface area (Å²) in [5.41, 5.74) is 6.64. The number of nitrogens with one attached hydrogen (secondary N) is 1. The monoisotopic (exact) mass is 280 g/mol. The van der Waals surface area contributed by atoms with Crippen molar-refractivity contribution >= 4 is 17.2 Å². The van der Waals surface area contributed by atoms with E-state index < -0.39 is 6.04 Å². The number of carbonyl (C=O) groups is 1. The Labute approximate surface area is 115 Å². The van der Waals surface area contributed by atoms with E-state index >= 15 is 0 Å². The summed E-state index contributed by atoms with van der Waals surface area (Å²) >= 11 is 1.56. The summed E-state index contributed by atoms with van der Waals surface area (Å²) in [6, 6.07) is 1.38. The van der Waals surface area contributed by atoms with Crippen molar-refractivity contribution in [3.05, 3.63) is 22.7 Å². The maximum absolute atomic E-state index is 11.7. The van der Waals surface area contributed by atoms with E-state index in [1.54, 1.807) is 11.3 Å². The molecule has 102 valence electrons. The van der Waals surface area contributed by atoms with E-state index in [0.717, 1.165) is 5.56 Å². The van der Waals surface area contributed by atoms with Gasteiger partial charge in [-0.05, 0) is 17.4 Å². The normalized spacial score (nSPS) is 12.6. The number of carbonyl (C=O) groups excluding carboxylic acids is 1. The number of aromatic nitrogens is 2. The second-order valence-corrected chi connectivity index (χ2v) is 5.29. The van der Waals surface area contributed by atoms with Crippen molar-refractivity contribution in [1.29, 1.82) is 0 Å². The van der Waals surface area contributed by atoms with Gasteiger partial charge in [-0.25, -0.2) is 0 Å². The first-order valence-electron chi connectivity index (χ1n) is 5.96. The van der Waals surface area contributed by atoms with Crippen molar-refractivity contribution in [2.45, 2.75) is 26.4 Å². The minimum atomic E-state index is -0.528. The molecule has 0 spiro atoms. The van der Waals surface area contributed by atoms with E-state index in [1.165, 1.54) is 0 Å². The van der Waals surface area contributed by atoms with Gasteiger partial charge >= 0.3 is 0 Å². The zero-order chi connectivity index (χ0) is 13.8. The summed E-state index contributed by atoms with van der Waals surface area (Å²) in [5, 5.41) is 10.4. The Hall–Kier alpha value is -1.73. The lowest BCUT2D eigenvalue weighted by atomic mass is 10.1. The van der Waals surface area contributed by atoms with Crippen LogP contribution >= 0.6 is 11.3 Å². The van der Waals surface area contributed by atoms with E-state index in [0.29, 0.717) is 11.7 Å². The van der Waals surface area contributed by atoms with Gasteiger partial charge in [-0.1, -0.05) is 19.0 Å². The summed E-state index contributed by atoms with van der Waals surface area (Å²) < 4.78 is 5.07. The molecule has 0 aliphatic heterocycles. The SMILES string of the molecule is CC(C)[C@H](N)C(=O)NCc1nc(-c2ccsc2)no1. The lowest BCUT2D eigenvalue weighted by Gasteiger charge is -2.14. The Morgan fingerprint density at radius 1 is 1.58 bits per heavy atom. The maximum Gasteiger partial charge on any atom is 0.246 e. The third kappa shape index (κ3) is 3.39. The molecule has 0 unspecified atom stereocenters. The Kier molecular flexibility index (Phi) is 4.28. The van der Waals surface area contributed by atoms with E-state index in [-0.39, 0.29) is 18.4 Å². The molecule has 6 nitrogen and oxygen atoms in total. The van der Waals surface area contributed by atoms with Crippen molar-refractivity contribution in [3.8, 4) is 11.4 Å². The van der Waals surface area contributed by atoms with Crippen LogP contribution in [0.3, 0.4) is 0 Å². The number of hydrogen-bond acceptors (Lipinski definition) is 6. The van der Waals surface area contributed by atoms with Crippen molar-refractivity contribution < 1.29 is 9.32 Å². The zero-order valence-electron chi connectivity index (χ0n) is 10.8. The Morgan fingerprint density at radius 2 is 2.37 bits per heavy atom. The van der Waals surface area contributed by atoms with Crippen molar-refractivity contribution in [2.24, 2.45) is 11.7 Å². The highest BCUT2D eigenvalue weighted by molar-refractivity contribution is 7.08. The lowest BCUT2D eigenvalue weighted by Crippen LogP contribution is -2.43. The fourth-order valence-electron chi connectivity index (χ4n) is 1.42. The van der Waals surface area contributed by atoms with Crippen LogP contribution in [0.2, 0.25) is 0 Å². The van der Waals surface area contributed by atoms with Crippen LogP contribution in [0.5, 0.6) is 0 Å². The second-order valence-electron chi connectivity index (χ2n) is 4.51. The first-order valence-corrected chi connectivity index (χ1v) is 6.90. The molecule has 1 amide bonds. The standard InChI is InChI=1S/C12H16N4O2S/c1-7(2)10(13)12(17)14-5-9-15-11(16-18-9)8-3-4-19-6-8/h3-4,6-7,10H,5,13H2,1-2H3,(H,14,17)/t10-/m0/s1. The minimum absolute atomic E-state index is 0.0871. The van der Waals surface area contributed by atoms with E-state index in [9.17, 15) is 4.79 Å². The molecule has 2 aromatic rings. The quantitative estimate of drug-likeness (QED) is 0.863. The molecule has 0 radical (unpaired) electrons. The molecule has 0 aliphatic carbocycles. The van der Waals surface area contributed by atoms with Gasteiger partial charge in [0.25, 0.3) is 0 Å². The maximum atomic E-state index is 11.7. The highest BCUT2D eigenvalue weighted by atomic mass is 32.1. The fourth-order valence-corrected chi connectivity index (χ4v) is 2.05. The van der Waals surface area contributed by atoms with Crippen LogP contribution in [0.15, 0.2) is 21.3 Å². The topological polar surface area (TPSA) is 94.0 Å². The van der Waals surface area contributed by atoms with Gasteiger partial charge in [-0.2, -0.15) is 16.3 Å². The molecule has 1 atom stereocenters. The molecule has 0 bridgehead atoms. The zero-order valence-corrected chi connectivity index (χ0v) is 11.6. The average Bonchev–Trinajstić information content (AvgIpc) is 3.04. The van der Waals surface area contributed by atoms with Crippen LogP contribution in [0.1, 0.15) is 19.7 Å². The van der Waals surface area contributed by atoms with Crippen molar-refractivity contribution in [3.63, 3.8) is 0 Å². The smallest absolute Gasteiger partial charge is 0.246 e. The molecule has 0 saturated heterocycles.